The van der Waals surface area contributed by atoms with Crippen molar-refractivity contribution in [2.45, 2.75) is 24.9 Å². The Balaban J connectivity index is 1.62. The molecule has 1 atom stereocenters. The third-order valence-electron chi connectivity index (χ3n) is 4.89. The average molecular weight is 326 g/mol. The molecule has 0 saturated carbocycles. The molecule has 1 unspecified atom stereocenters. The van der Waals surface area contributed by atoms with Crippen LogP contribution in [0.4, 0.5) is 5.95 Å². The fourth-order valence-electron chi connectivity index (χ4n) is 3.60. The number of fused-ring (bicyclic) bond motifs is 1. The van der Waals surface area contributed by atoms with Crippen molar-refractivity contribution in [2.24, 2.45) is 14.1 Å². The zero-order chi connectivity index (χ0) is 16.7. The molecule has 2 aromatic heterocycles. The van der Waals surface area contributed by atoms with E-state index in [1.165, 1.54) is 0 Å². The van der Waals surface area contributed by atoms with Gasteiger partial charge in [-0.3, -0.25) is 0 Å². The predicted molar refractivity (Wildman–Crippen MR) is 91.8 cm³/mol. The number of aryl methyl sites for hydroxylation is 2. The van der Waals surface area contributed by atoms with E-state index < -0.39 is 5.60 Å². The molecule has 0 aliphatic carbocycles. The molecule has 0 radical (unpaired) electrons. The fraction of sp³-hybridized carbons (Fsp3) is 0.471. The summed E-state index contributed by atoms with van der Waals surface area (Å²) >= 11 is 0. The van der Waals surface area contributed by atoms with Crippen LogP contribution in [0.2, 0.25) is 0 Å². The van der Waals surface area contributed by atoms with Crippen molar-refractivity contribution in [3.05, 3.63) is 36.4 Å². The molecule has 1 aliphatic heterocycles. The predicted octanol–water partition coefficient (Wildman–Crippen LogP) is 1.28. The van der Waals surface area contributed by atoms with Gasteiger partial charge in [-0.2, -0.15) is 0 Å². The number of para-hydroxylation sites is 2. The van der Waals surface area contributed by atoms with E-state index in [4.69, 9.17) is 4.98 Å². The third-order valence-corrected chi connectivity index (χ3v) is 4.89. The molecule has 1 aromatic carbocycles. The minimum atomic E-state index is -0.808. The monoisotopic (exact) mass is 326 g/mol. The summed E-state index contributed by atoms with van der Waals surface area (Å²) in [5, 5.41) is 19.1. The van der Waals surface area contributed by atoms with Gasteiger partial charge in [0.2, 0.25) is 5.95 Å². The van der Waals surface area contributed by atoms with Gasteiger partial charge in [0.1, 0.15) is 12.2 Å². The topological polar surface area (TPSA) is 72.0 Å². The standard InChI is InChI=1S/C17H22N6O/c1-21-12-18-20-15(21)10-17(24)8-5-9-23(11-17)16-19-13-6-3-4-7-14(13)22(16)2/h3-4,6-7,12,24H,5,8-11H2,1-2H3. The Morgan fingerprint density at radius 2 is 2.08 bits per heavy atom. The Morgan fingerprint density at radius 3 is 2.83 bits per heavy atom. The highest BCUT2D eigenvalue weighted by Gasteiger charge is 2.36. The number of nitrogens with zero attached hydrogens (tertiary/aromatic N) is 6. The van der Waals surface area contributed by atoms with Gasteiger partial charge < -0.3 is 19.1 Å². The number of aliphatic hydroxyl groups is 1. The first-order valence-electron chi connectivity index (χ1n) is 8.27. The summed E-state index contributed by atoms with van der Waals surface area (Å²) in [5.74, 6) is 1.72. The lowest BCUT2D eigenvalue weighted by molar-refractivity contribution is 0.0233. The van der Waals surface area contributed by atoms with Crippen LogP contribution in [0.15, 0.2) is 30.6 Å². The van der Waals surface area contributed by atoms with E-state index in [0.717, 1.165) is 42.2 Å². The van der Waals surface area contributed by atoms with Gasteiger partial charge in [-0.15, -0.1) is 10.2 Å². The summed E-state index contributed by atoms with van der Waals surface area (Å²) in [6.07, 6.45) is 3.87. The molecule has 0 amide bonds. The zero-order valence-electron chi connectivity index (χ0n) is 14.1. The molecule has 1 saturated heterocycles. The number of anilines is 1. The third kappa shape index (κ3) is 2.54. The highest BCUT2D eigenvalue weighted by molar-refractivity contribution is 5.78. The normalized spacial score (nSPS) is 21.5. The molecule has 126 valence electrons. The molecule has 0 spiro atoms. The highest BCUT2D eigenvalue weighted by atomic mass is 16.3. The molecule has 1 fully saturated rings. The molecule has 7 nitrogen and oxygen atoms in total. The SMILES string of the molecule is Cn1cnnc1CC1(O)CCCN(c2nc3ccccc3n2C)C1. The number of β-amino-alcohol motifs (C(OH)–C–C–N with tert-alkyl or cyclic N) is 1. The van der Waals surface area contributed by atoms with Gasteiger partial charge in [0, 0.05) is 33.6 Å². The second-order valence-electron chi connectivity index (χ2n) is 6.74. The Morgan fingerprint density at radius 1 is 1.25 bits per heavy atom. The van der Waals surface area contributed by atoms with Crippen LogP contribution in [0.5, 0.6) is 0 Å². The number of aromatic nitrogens is 5. The van der Waals surface area contributed by atoms with Crippen LogP contribution in [0, 0.1) is 0 Å². The molecule has 0 bridgehead atoms. The van der Waals surface area contributed by atoms with Crippen molar-refractivity contribution in [1.82, 2.24) is 24.3 Å². The van der Waals surface area contributed by atoms with Crippen LogP contribution >= 0.6 is 0 Å². The van der Waals surface area contributed by atoms with Crippen LogP contribution in [-0.4, -0.2) is 48.1 Å². The summed E-state index contributed by atoms with van der Waals surface area (Å²) in [6, 6.07) is 8.12. The second kappa shape index (κ2) is 5.59. The van der Waals surface area contributed by atoms with Gasteiger partial charge in [-0.1, -0.05) is 12.1 Å². The molecule has 3 heterocycles. The Labute approximate surface area is 140 Å². The number of rotatable bonds is 3. The maximum absolute atomic E-state index is 11.1. The molecule has 4 rings (SSSR count). The Bertz CT molecular complexity index is 869. The van der Waals surface area contributed by atoms with E-state index >= 15 is 0 Å². The van der Waals surface area contributed by atoms with Crippen LogP contribution in [0.25, 0.3) is 11.0 Å². The van der Waals surface area contributed by atoms with Crippen molar-refractivity contribution < 1.29 is 5.11 Å². The molecule has 24 heavy (non-hydrogen) atoms. The average Bonchev–Trinajstić information content (AvgIpc) is 3.11. The maximum atomic E-state index is 11.1. The van der Waals surface area contributed by atoms with Crippen LogP contribution in [-0.2, 0) is 20.5 Å². The van der Waals surface area contributed by atoms with E-state index in [9.17, 15) is 5.11 Å². The van der Waals surface area contributed by atoms with E-state index in [-0.39, 0.29) is 0 Å². The van der Waals surface area contributed by atoms with Gasteiger partial charge in [0.25, 0.3) is 0 Å². The fourth-order valence-corrected chi connectivity index (χ4v) is 3.60. The molecule has 1 N–H and O–H groups in total. The van der Waals surface area contributed by atoms with E-state index in [1.54, 1.807) is 6.33 Å². The summed E-state index contributed by atoms with van der Waals surface area (Å²) in [6.45, 7) is 1.45. The number of benzene rings is 1. The van der Waals surface area contributed by atoms with E-state index in [2.05, 4.69) is 25.7 Å². The van der Waals surface area contributed by atoms with Crippen LogP contribution in [0.3, 0.4) is 0 Å². The van der Waals surface area contributed by atoms with E-state index in [0.29, 0.717) is 13.0 Å². The quantitative estimate of drug-likeness (QED) is 0.785. The van der Waals surface area contributed by atoms with Crippen molar-refractivity contribution in [3.63, 3.8) is 0 Å². The Hall–Kier alpha value is -2.41. The number of imidazole rings is 1. The lowest BCUT2D eigenvalue weighted by atomic mass is 9.89. The molecule has 3 aromatic rings. The molecule has 7 heteroatoms. The summed E-state index contributed by atoms with van der Waals surface area (Å²) < 4.78 is 3.97. The van der Waals surface area contributed by atoms with Crippen LogP contribution in [0.1, 0.15) is 18.7 Å². The highest BCUT2D eigenvalue weighted by Crippen LogP contribution is 2.29. The van der Waals surface area contributed by atoms with Gasteiger partial charge in [0.15, 0.2) is 0 Å². The van der Waals surface area contributed by atoms with Crippen LogP contribution < -0.4 is 4.90 Å². The van der Waals surface area contributed by atoms with Gasteiger partial charge in [-0.25, -0.2) is 4.98 Å². The molecule has 1 aliphatic rings. The smallest absolute Gasteiger partial charge is 0.206 e. The first-order chi connectivity index (χ1) is 11.6. The van der Waals surface area contributed by atoms with Crippen molar-refractivity contribution in [3.8, 4) is 0 Å². The lowest BCUT2D eigenvalue weighted by Gasteiger charge is -2.39. The van der Waals surface area contributed by atoms with Crippen molar-refractivity contribution in [2.75, 3.05) is 18.0 Å². The molecular formula is C17H22N6O. The Kier molecular flexibility index (Phi) is 3.53. The van der Waals surface area contributed by atoms with Gasteiger partial charge >= 0.3 is 0 Å². The van der Waals surface area contributed by atoms with Gasteiger partial charge in [0.05, 0.1) is 16.6 Å². The first kappa shape index (κ1) is 15.1. The number of hydrogen-bond donors (Lipinski definition) is 1. The number of piperidine rings is 1. The number of hydrogen-bond acceptors (Lipinski definition) is 5. The lowest BCUT2D eigenvalue weighted by Crippen LogP contribution is -2.50. The second-order valence-corrected chi connectivity index (χ2v) is 6.74. The van der Waals surface area contributed by atoms with Crippen molar-refractivity contribution >= 4 is 17.0 Å². The van der Waals surface area contributed by atoms with Gasteiger partial charge in [-0.05, 0) is 25.0 Å². The summed E-state index contributed by atoms with van der Waals surface area (Å²) in [5.41, 5.74) is 1.28. The minimum absolute atomic E-state index is 0.504. The van der Waals surface area contributed by atoms with Crippen molar-refractivity contribution in [1.29, 1.82) is 0 Å². The summed E-state index contributed by atoms with van der Waals surface area (Å²) in [4.78, 5) is 6.94. The summed E-state index contributed by atoms with van der Waals surface area (Å²) in [7, 11) is 3.94. The minimum Gasteiger partial charge on any atom is -0.388 e. The molecular weight excluding hydrogens is 304 g/mol. The van der Waals surface area contributed by atoms with E-state index in [1.807, 2.05) is 36.9 Å². The first-order valence-corrected chi connectivity index (χ1v) is 8.27. The maximum Gasteiger partial charge on any atom is 0.206 e. The zero-order valence-corrected chi connectivity index (χ0v) is 14.1. The largest absolute Gasteiger partial charge is 0.388 e.